The Morgan fingerprint density at radius 2 is 1.84 bits per heavy atom. The number of benzene rings is 2. The fourth-order valence-corrected chi connectivity index (χ4v) is 2.70. The molecule has 0 bridgehead atoms. The average Bonchev–Trinajstić information content (AvgIpc) is 2.41. The van der Waals surface area contributed by atoms with E-state index in [-0.39, 0.29) is 23.4 Å². The minimum atomic E-state index is -0.306. The molecule has 0 fully saturated rings. The van der Waals surface area contributed by atoms with Crippen molar-refractivity contribution in [3.63, 3.8) is 0 Å². The zero-order chi connectivity index (χ0) is 13.8. The van der Waals surface area contributed by atoms with Crippen LogP contribution in [0.2, 0.25) is 0 Å². The third-order valence-electron chi connectivity index (χ3n) is 3.01. The lowest BCUT2D eigenvalue weighted by molar-refractivity contribution is 0.587. The van der Waals surface area contributed by atoms with Gasteiger partial charge in [0.25, 0.3) is 0 Å². The van der Waals surface area contributed by atoms with Crippen molar-refractivity contribution in [2.75, 3.05) is 5.88 Å². The molecule has 0 aliphatic heterocycles. The van der Waals surface area contributed by atoms with Gasteiger partial charge in [0, 0.05) is 16.3 Å². The van der Waals surface area contributed by atoms with Gasteiger partial charge in [0.1, 0.15) is 11.6 Å². The molecule has 0 N–H and O–H groups in total. The maximum Gasteiger partial charge on any atom is 0.126 e. The summed E-state index contributed by atoms with van der Waals surface area (Å²) in [5.74, 6) is -0.481. The molecular weight excluding hydrogens is 334 g/mol. The summed E-state index contributed by atoms with van der Waals surface area (Å²) in [5.41, 5.74) is 1.35. The van der Waals surface area contributed by atoms with Crippen molar-refractivity contribution in [2.24, 2.45) is 0 Å². The molecule has 19 heavy (non-hydrogen) atoms. The summed E-state index contributed by atoms with van der Waals surface area (Å²) in [6, 6.07) is 11.0. The summed E-state index contributed by atoms with van der Waals surface area (Å²) in [6.45, 7) is 0. The van der Waals surface area contributed by atoms with Crippen LogP contribution >= 0.6 is 27.5 Å². The predicted octanol–water partition coefficient (Wildman–Crippen LogP) is 5.29. The Kier molecular flexibility index (Phi) is 4.94. The minimum Gasteiger partial charge on any atom is -0.207 e. The monoisotopic (exact) mass is 344 g/mol. The first-order valence-electron chi connectivity index (χ1n) is 5.86. The van der Waals surface area contributed by atoms with Gasteiger partial charge in [-0.05, 0) is 41.8 Å². The summed E-state index contributed by atoms with van der Waals surface area (Å²) in [6.07, 6.45) is 0.489. The molecule has 0 radical (unpaired) electrons. The first-order chi connectivity index (χ1) is 9.11. The van der Waals surface area contributed by atoms with Crippen molar-refractivity contribution in [2.45, 2.75) is 12.3 Å². The molecular formula is C15H12BrClF2. The second-order valence-electron chi connectivity index (χ2n) is 4.31. The molecule has 4 heteroatoms. The van der Waals surface area contributed by atoms with E-state index in [2.05, 4.69) is 15.9 Å². The zero-order valence-electron chi connectivity index (χ0n) is 10.0. The lowest BCUT2D eigenvalue weighted by Gasteiger charge is -2.16. The highest BCUT2D eigenvalue weighted by molar-refractivity contribution is 9.10. The molecule has 1 unspecified atom stereocenters. The predicted molar refractivity (Wildman–Crippen MR) is 77.7 cm³/mol. The molecule has 0 aliphatic rings. The van der Waals surface area contributed by atoms with Crippen LogP contribution in [-0.2, 0) is 6.42 Å². The van der Waals surface area contributed by atoms with E-state index in [0.29, 0.717) is 12.0 Å². The molecule has 0 aliphatic carbocycles. The molecule has 100 valence electrons. The summed E-state index contributed by atoms with van der Waals surface area (Å²) in [4.78, 5) is 0. The van der Waals surface area contributed by atoms with Gasteiger partial charge in [-0.25, -0.2) is 8.78 Å². The number of halogens is 4. The van der Waals surface area contributed by atoms with Gasteiger partial charge in [0.2, 0.25) is 0 Å². The Balaban J connectivity index is 2.29. The van der Waals surface area contributed by atoms with Crippen LogP contribution in [0.25, 0.3) is 0 Å². The van der Waals surface area contributed by atoms with E-state index in [1.165, 1.54) is 18.2 Å². The lowest BCUT2D eigenvalue weighted by Crippen LogP contribution is -2.07. The summed E-state index contributed by atoms with van der Waals surface area (Å²) >= 11 is 9.32. The minimum absolute atomic E-state index is 0.180. The van der Waals surface area contributed by atoms with E-state index in [1.54, 1.807) is 24.3 Å². The number of hydrogen-bond acceptors (Lipinski definition) is 0. The van der Waals surface area contributed by atoms with Crippen LogP contribution in [0.15, 0.2) is 46.9 Å². The molecule has 0 nitrogen and oxygen atoms in total. The highest BCUT2D eigenvalue weighted by atomic mass is 79.9. The van der Waals surface area contributed by atoms with Gasteiger partial charge in [0.15, 0.2) is 0 Å². The van der Waals surface area contributed by atoms with E-state index in [0.717, 1.165) is 10.0 Å². The zero-order valence-corrected chi connectivity index (χ0v) is 12.4. The van der Waals surface area contributed by atoms with Crippen LogP contribution in [-0.4, -0.2) is 5.88 Å². The number of rotatable bonds is 4. The highest BCUT2D eigenvalue weighted by Gasteiger charge is 2.16. The molecule has 0 spiro atoms. The van der Waals surface area contributed by atoms with Gasteiger partial charge in [0.05, 0.1) is 0 Å². The van der Waals surface area contributed by atoms with Crippen molar-refractivity contribution in [1.29, 1.82) is 0 Å². The van der Waals surface area contributed by atoms with Crippen molar-refractivity contribution in [3.8, 4) is 0 Å². The van der Waals surface area contributed by atoms with Crippen LogP contribution < -0.4 is 0 Å². The fourth-order valence-electron chi connectivity index (χ4n) is 2.02. The molecule has 2 aromatic rings. The van der Waals surface area contributed by atoms with E-state index in [9.17, 15) is 8.78 Å². The van der Waals surface area contributed by atoms with Crippen LogP contribution in [0.1, 0.15) is 17.0 Å². The van der Waals surface area contributed by atoms with Gasteiger partial charge in [-0.2, -0.15) is 0 Å². The number of alkyl halides is 1. The second kappa shape index (κ2) is 6.49. The Bertz CT molecular complexity index is 572. The average molecular weight is 346 g/mol. The SMILES string of the molecule is Fc1ccc(Br)c(CC(CCl)c2ccccc2F)c1. The van der Waals surface area contributed by atoms with Gasteiger partial charge in [-0.1, -0.05) is 34.1 Å². The first kappa shape index (κ1) is 14.5. The largest absolute Gasteiger partial charge is 0.207 e. The Hall–Kier alpha value is -0.930. The van der Waals surface area contributed by atoms with E-state index < -0.39 is 0 Å². The standard InChI is InChI=1S/C15H12BrClF2/c16-14-6-5-12(18)8-10(14)7-11(9-17)13-3-1-2-4-15(13)19/h1-6,8,11H,7,9H2. The molecule has 2 rings (SSSR count). The van der Waals surface area contributed by atoms with E-state index >= 15 is 0 Å². The quantitative estimate of drug-likeness (QED) is 0.660. The highest BCUT2D eigenvalue weighted by Crippen LogP contribution is 2.28. The van der Waals surface area contributed by atoms with Crippen LogP contribution in [0, 0.1) is 11.6 Å². The smallest absolute Gasteiger partial charge is 0.126 e. The summed E-state index contributed by atoms with van der Waals surface area (Å²) < 4.78 is 27.8. The van der Waals surface area contributed by atoms with Crippen molar-refractivity contribution >= 4 is 27.5 Å². The molecule has 0 saturated heterocycles. The Labute approximate surface area is 124 Å². The van der Waals surface area contributed by atoms with Gasteiger partial charge in [-0.3, -0.25) is 0 Å². The fraction of sp³-hybridized carbons (Fsp3) is 0.200. The third-order valence-corrected chi connectivity index (χ3v) is 4.15. The van der Waals surface area contributed by atoms with Gasteiger partial charge >= 0.3 is 0 Å². The van der Waals surface area contributed by atoms with Gasteiger partial charge in [-0.15, -0.1) is 11.6 Å². The maximum absolute atomic E-state index is 13.8. The van der Waals surface area contributed by atoms with E-state index in [4.69, 9.17) is 11.6 Å². The molecule has 0 aromatic heterocycles. The van der Waals surface area contributed by atoms with Crippen molar-refractivity contribution in [1.82, 2.24) is 0 Å². The topological polar surface area (TPSA) is 0 Å². The lowest BCUT2D eigenvalue weighted by atomic mass is 9.93. The molecule has 0 heterocycles. The second-order valence-corrected chi connectivity index (χ2v) is 5.48. The molecule has 1 atom stereocenters. The maximum atomic E-state index is 13.8. The first-order valence-corrected chi connectivity index (χ1v) is 7.19. The summed E-state index contributed by atoms with van der Waals surface area (Å²) in [7, 11) is 0. The molecule has 2 aromatic carbocycles. The molecule has 0 amide bonds. The van der Waals surface area contributed by atoms with Crippen molar-refractivity contribution in [3.05, 3.63) is 69.7 Å². The van der Waals surface area contributed by atoms with Crippen LogP contribution in [0.5, 0.6) is 0 Å². The number of hydrogen-bond donors (Lipinski definition) is 0. The third kappa shape index (κ3) is 3.54. The van der Waals surface area contributed by atoms with Crippen molar-refractivity contribution < 1.29 is 8.78 Å². The summed E-state index contributed by atoms with van der Waals surface area (Å²) in [5, 5.41) is 0. The Morgan fingerprint density at radius 1 is 1.11 bits per heavy atom. The molecule has 0 saturated carbocycles. The Morgan fingerprint density at radius 3 is 2.53 bits per heavy atom. The van der Waals surface area contributed by atoms with E-state index in [1.807, 2.05) is 0 Å². The van der Waals surface area contributed by atoms with Crippen LogP contribution in [0.4, 0.5) is 8.78 Å². The van der Waals surface area contributed by atoms with Gasteiger partial charge < -0.3 is 0 Å². The normalized spacial score (nSPS) is 12.4. The van der Waals surface area contributed by atoms with Crippen LogP contribution in [0.3, 0.4) is 0 Å².